The predicted octanol–water partition coefficient (Wildman–Crippen LogP) is 1.99. The molecule has 1 aliphatic rings. The normalized spacial score (nSPS) is 13.8. The molecule has 0 N–H and O–H groups in total. The summed E-state index contributed by atoms with van der Waals surface area (Å²) in [5, 5.41) is 0. The SMILES string of the molecule is CCOC(=O)/C(=C/c1ccc2c(c1)OCCO2)C(C)=O. The molecule has 0 saturated heterocycles. The van der Waals surface area contributed by atoms with Crippen molar-refractivity contribution in [2.75, 3.05) is 19.8 Å². The van der Waals surface area contributed by atoms with Crippen molar-refractivity contribution in [3.63, 3.8) is 0 Å². The van der Waals surface area contributed by atoms with Gasteiger partial charge in [0.2, 0.25) is 0 Å². The van der Waals surface area contributed by atoms with Crippen LogP contribution in [0.5, 0.6) is 11.5 Å². The highest BCUT2D eigenvalue weighted by Crippen LogP contribution is 2.31. The van der Waals surface area contributed by atoms with E-state index in [4.69, 9.17) is 14.2 Å². The number of benzene rings is 1. The minimum absolute atomic E-state index is 0.0172. The number of fused-ring (bicyclic) bond motifs is 1. The van der Waals surface area contributed by atoms with E-state index in [1.807, 2.05) is 0 Å². The average molecular weight is 276 g/mol. The van der Waals surface area contributed by atoms with Gasteiger partial charge in [0.05, 0.1) is 6.61 Å². The van der Waals surface area contributed by atoms with Crippen molar-refractivity contribution in [1.29, 1.82) is 0 Å². The predicted molar refractivity (Wildman–Crippen MR) is 72.7 cm³/mol. The molecular weight excluding hydrogens is 260 g/mol. The summed E-state index contributed by atoms with van der Waals surface area (Å²) in [7, 11) is 0. The van der Waals surface area contributed by atoms with Gasteiger partial charge in [-0.05, 0) is 37.6 Å². The van der Waals surface area contributed by atoms with Crippen molar-refractivity contribution >= 4 is 17.8 Å². The summed E-state index contributed by atoms with van der Waals surface area (Å²) in [6.07, 6.45) is 1.50. The van der Waals surface area contributed by atoms with E-state index in [9.17, 15) is 9.59 Å². The van der Waals surface area contributed by atoms with E-state index < -0.39 is 5.97 Å². The smallest absolute Gasteiger partial charge is 0.341 e. The maximum atomic E-state index is 11.7. The van der Waals surface area contributed by atoms with Crippen LogP contribution in [-0.2, 0) is 14.3 Å². The van der Waals surface area contributed by atoms with Crippen LogP contribution in [0.15, 0.2) is 23.8 Å². The zero-order chi connectivity index (χ0) is 14.5. The van der Waals surface area contributed by atoms with E-state index >= 15 is 0 Å². The summed E-state index contributed by atoms with van der Waals surface area (Å²) in [5.74, 6) is 0.318. The molecule has 20 heavy (non-hydrogen) atoms. The fourth-order valence-corrected chi connectivity index (χ4v) is 1.83. The van der Waals surface area contributed by atoms with Crippen LogP contribution in [0.2, 0.25) is 0 Å². The second-order valence-electron chi connectivity index (χ2n) is 4.24. The molecule has 106 valence electrons. The summed E-state index contributed by atoms with van der Waals surface area (Å²) in [4.78, 5) is 23.2. The Labute approximate surface area is 117 Å². The molecule has 1 heterocycles. The third-order valence-corrected chi connectivity index (χ3v) is 2.75. The molecule has 1 aromatic carbocycles. The van der Waals surface area contributed by atoms with Gasteiger partial charge in [-0.2, -0.15) is 0 Å². The molecule has 0 radical (unpaired) electrons. The van der Waals surface area contributed by atoms with Crippen molar-refractivity contribution in [1.82, 2.24) is 0 Å². The van der Waals surface area contributed by atoms with Crippen LogP contribution in [0.3, 0.4) is 0 Å². The Balaban J connectivity index is 2.31. The van der Waals surface area contributed by atoms with Crippen molar-refractivity contribution in [2.45, 2.75) is 13.8 Å². The van der Waals surface area contributed by atoms with E-state index in [1.54, 1.807) is 25.1 Å². The van der Waals surface area contributed by atoms with E-state index in [-0.39, 0.29) is 18.0 Å². The highest BCUT2D eigenvalue weighted by atomic mass is 16.6. The Bertz CT molecular complexity index is 559. The van der Waals surface area contributed by atoms with Crippen LogP contribution in [0.4, 0.5) is 0 Å². The zero-order valence-electron chi connectivity index (χ0n) is 11.5. The van der Waals surface area contributed by atoms with Gasteiger partial charge in [0, 0.05) is 0 Å². The van der Waals surface area contributed by atoms with Crippen LogP contribution in [0.25, 0.3) is 6.08 Å². The van der Waals surface area contributed by atoms with E-state index in [0.29, 0.717) is 30.3 Å². The number of ketones is 1. The number of rotatable bonds is 4. The topological polar surface area (TPSA) is 61.8 Å². The Morgan fingerprint density at radius 2 is 1.95 bits per heavy atom. The van der Waals surface area contributed by atoms with Crippen molar-refractivity contribution < 1.29 is 23.8 Å². The van der Waals surface area contributed by atoms with Crippen LogP contribution >= 0.6 is 0 Å². The molecule has 0 aromatic heterocycles. The number of hydrogen-bond acceptors (Lipinski definition) is 5. The fraction of sp³-hybridized carbons (Fsp3) is 0.333. The van der Waals surface area contributed by atoms with Gasteiger partial charge < -0.3 is 14.2 Å². The van der Waals surface area contributed by atoms with Crippen LogP contribution < -0.4 is 9.47 Å². The molecule has 0 saturated carbocycles. The van der Waals surface area contributed by atoms with Gasteiger partial charge in [-0.1, -0.05) is 6.07 Å². The van der Waals surface area contributed by atoms with E-state index in [1.165, 1.54) is 13.0 Å². The first-order chi connectivity index (χ1) is 9.61. The van der Waals surface area contributed by atoms with E-state index in [0.717, 1.165) is 0 Å². The highest BCUT2D eigenvalue weighted by molar-refractivity contribution is 6.19. The maximum Gasteiger partial charge on any atom is 0.341 e. The largest absolute Gasteiger partial charge is 0.486 e. The highest BCUT2D eigenvalue weighted by Gasteiger charge is 2.17. The van der Waals surface area contributed by atoms with Crippen molar-refractivity contribution in [3.8, 4) is 11.5 Å². The van der Waals surface area contributed by atoms with Gasteiger partial charge in [-0.3, -0.25) is 4.79 Å². The van der Waals surface area contributed by atoms with Gasteiger partial charge >= 0.3 is 5.97 Å². The summed E-state index contributed by atoms with van der Waals surface area (Å²) in [6, 6.07) is 5.25. The van der Waals surface area contributed by atoms with Gasteiger partial charge in [0.25, 0.3) is 0 Å². The van der Waals surface area contributed by atoms with E-state index in [2.05, 4.69) is 0 Å². The molecule has 0 atom stereocenters. The standard InChI is InChI=1S/C15H16O5/c1-3-18-15(17)12(10(2)16)8-11-4-5-13-14(9-11)20-7-6-19-13/h4-5,8-9H,3,6-7H2,1-2H3/b12-8+. The molecule has 0 amide bonds. The molecule has 0 unspecified atom stereocenters. The van der Waals surface area contributed by atoms with Crippen molar-refractivity contribution in [2.24, 2.45) is 0 Å². The first-order valence-corrected chi connectivity index (χ1v) is 6.41. The van der Waals surface area contributed by atoms with Gasteiger partial charge in [-0.25, -0.2) is 4.79 Å². The second-order valence-corrected chi connectivity index (χ2v) is 4.24. The lowest BCUT2D eigenvalue weighted by Gasteiger charge is -2.18. The Hall–Kier alpha value is -2.30. The molecule has 1 aliphatic heterocycles. The molecule has 0 fully saturated rings. The minimum Gasteiger partial charge on any atom is -0.486 e. The van der Waals surface area contributed by atoms with Gasteiger partial charge in [0.1, 0.15) is 18.8 Å². The Morgan fingerprint density at radius 1 is 1.25 bits per heavy atom. The summed E-state index contributed by atoms with van der Waals surface area (Å²) < 4.78 is 15.7. The molecule has 2 rings (SSSR count). The van der Waals surface area contributed by atoms with Crippen LogP contribution in [-0.4, -0.2) is 31.6 Å². The number of ether oxygens (including phenoxy) is 3. The number of esters is 1. The fourth-order valence-electron chi connectivity index (χ4n) is 1.83. The molecule has 0 aliphatic carbocycles. The molecular formula is C15H16O5. The van der Waals surface area contributed by atoms with Gasteiger partial charge in [0.15, 0.2) is 17.3 Å². The maximum absolute atomic E-state index is 11.7. The molecule has 1 aromatic rings. The number of Topliss-reactive ketones (excluding diaryl/α,β-unsaturated/α-hetero) is 1. The monoisotopic (exact) mass is 276 g/mol. The number of carbonyl (C=O) groups is 2. The average Bonchev–Trinajstić information content (AvgIpc) is 2.44. The first-order valence-electron chi connectivity index (χ1n) is 6.41. The third kappa shape index (κ3) is 3.17. The Morgan fingerprint density at radius 3 is 2.60 bits per heavy atom. The lowest BCUT2D eigenvalue weighted by molar-refractivity contribution is -0.139. The van der Waals surface area contributed by atoms with Crippen molar-refractivity contribution in [3.05, 3.63) is 29.3 Å². The number of hydrogen-bond donors (Lipinski definition) is 0. The first kappa shape index (κ1) is 14.1. The second kappa shape index (κ2) is 6.23. The number of carbonyl (C=O) groups excluding carboxylic acids is 2. The summed E-state index contributed by atoms with van der Waals surface area (Å²) >= 11 is 0. The lowest BCUT2D eigenvalue weighted by atomic mass is 10.1. The zero-order valence-corrected chi connectivity index (χ0v) is 11.5. The van der Waals surface area contributed by atoms with Crippen LogP contribution in [0.1, 0.15) is 19.4 Å². The molecule has 5 heteroatoms. The lowest BCUT2D eigenvalue weighted by Crippen LogP contribution is -2.15. The molecule has 5 nitrogen and oxygen atoms in total. The molecule has 0 spiro atoms. The third-order valence-electron chi connectivity index (χ3n) is 2.75. The summed E-state index contributed by atoms with van der Waals surface area (Å²) in [6.45, 7) is 4.26. The Kier molecular flexibility index (Phi) is 4.40. The van der Waals surface area contributed by atoms with Gasteiger partial charge in [-0.15, -0.1) is 0 Å². The van der Waals surface area contributed by atoms with Crippen LogP contribution in [0, 0.1) is 0 Å². The quantitative estimate of drug-likeness (QED) is 0.364. The molecule has 0 bridgehead atoms. The summed E-state index contributed by atoms with van der Waals surface area (Å²) in [5.41, 5.74) is 0.705. The minimum atomic E-state index is -0.616.